The fourth-order valence-electron chi connectivity index (χ4n) is 3.81. The van der Waals surface area contributed by atoms with Gasteiger partial charge in [-0.15, -0.1) is 5.98 Å². The molecular weight excluding hydrogens is 307 g/mol. The molecule has 2 aliphatic rings. The molecule has 0 fully saturated rings. The van der Waals surface area contributed by atoms with E-state index < -0.39 is 0 Å². The van der Waals surface area contributed by atoms with Gasteiger partial charge in [-0.2, -0.15) is 0 Å². The molecule has 0 atom stereocenters. The number of rotatable bonds is 6. The number of nitrogens with zero attached hydrogens (tertiary/aromatic N) is 2. The van der Waals surface area contributed by atoms with Crippen LogP contribution in [0.3, 0.4) is 0 Å². The zero-order valence-electron chi connectivity index (χ0n) is 14.6. The molecule has 2 aliphatic heterocycles. The van der Waals surface area contributed by atoms with Gasteiger partial charge in [0.2, 0.25) is 0 Å². The molecule has 1 N–H and O–H groups in total. The second-order valence-electron chi connectivity index (χ2n) is 7.06. The standard InChI is InChI=1S/C21H24BN2O/c25-20-7-4-5-16-8-9-18(23-21(16)20)6-2-1-3-13-24-14-11-19-17(15-24)10-12-22-19/h4-5,7-10,12,25H,1-3,6,11,13-15H2. The van der Waals surface area contributed by atoms with Crippen molar-refractivity contribution in [2.45, 2.75) is 32.1 Å². The Bertz CT molecular complexity index is 828. The fourth-order valence-corrected chi connectivity index (χ4v) is 3.81. The fraction of sp³-hybridized carbons (Fsp3) is 0.381. The first-order valence-corrected chi connectivity index (χ1v) is 9.33. The van der Waals surface area contributed by atoms with Crippen LogP contribution in [0.25, 0.3) is 10.9 Å². The van der Waals surface area contributed by atoms with Crippen molar-refractivity contribution in [2.24, 2.45) is 0 Å². The minimum atomic E-state index is 0.274. The van der Waals surface area contributed by atoms with Crippen LogP contribution >= 0.6 is 0 Å². The maximum Gasteiger partial charge on any atom is 0.176 e. The number of hydrogen-bond donors (Lipinski definition) is 1. The quantitative estimate of drug-likeness (QED) is 0.645. The second-order valence-corrected chi connectivity index (χ2v) is 7.06. The van der Waals surface area contributed by atoms with Crippen LogP contribution in [0.4, 0.5) is 0 Å². The molecule has 25 heavy (non-hydrogen) atoms. The van der Waals surface area contributed by atoms with Gasteiger partial charge in [-0.25, -0.2) is 4.98 Å². The highest BCUT2D eigenvalue weighted by atomic mass is 16.3. The van der Waals surface area contributed by atoms with E-state index in [1.54, 1.807) is 11.5 Å². The third kappa shape index (κ3) is 3.79. The van der Waals surface area contributed by atoms with E-state index in [4.69, 9.17) is 0 Å². The Labute approximate surface area is 150 Å². The number of para-hydroxylation sites is 1. The third-order valence-corrected chi connectivity index (χ3v) is 5.26. The van der Waals surface area contributed by atoms with E-state index in [1.165, 1.54) is 37.9 Å². The summed E-state index contributed by atoms with van der Waals surface area (Å²) in [6.07, 6.45) is 8.08. The lowest BCUT2D eigenvalue weighted by Crippen LogP contribution is -2.32. The highest BCUT2D eigenvalue weighted by Gasteiger charge is 2.19. The summed E-state index contributed by atoms with van der Waals surface area (Å²) >= 11 is 0. The molecule has 0 saturated carbocycles. The number of hydrogen-bond acceptors (Lipinski definition) is 3. The molecular formula is C21H24BN2O. The predicted molar refractivity (Wildman–Crippen MR) is 104 cm³/mol. The summed E-state index contributed by atoms with van der Waals surface area (Å²) in [5.41, 5.74) is 4.86. The first-order chi connectivity index (χ1) is 12.3. The average molecular weight is 331 g/mol. The second kappa shape index (κ2) is 7.44. The molecule has 0 unspecified atom stereocenters. The van der Waals surface area contributed by atoms with Crippen LogP contribution in [0.15, 0.2) is 53.4 Å². The van der Waals surface area contributed by atoms with Gasteiger partial charge in [-0.3, -0.25) is 4.90 Å². The largest absolute Gasteiger partial charge is 0.506 e. The Kier molecular flexibility index (Phi) is 4.89. The van der Waals surface area contributed by atoms with Crippen LogP contribution in [0.1, 0.15) is 31.4 Å². The van der Waals surface area contributed by atoms with Crippen LogP contribution in [-0.2, 0) is 6.42 Å². The number of aryl methyl sites for hydroxylation is 1. The zero-order chi connectivity index (χ0) is 17.1. The molecule has 4 rings (SSSR count). The maximum absolute atomic E-state index is 9.94. The number of pyridine rings is 1. The van der Waals surface area contributed by atoms with Gasteiger partial charge in [0.1, 0.15) is 11.3 Å². The average Bonchev–Trinajstić information content (AvgIpc) is 3.10. The summed E-state index contributed by atoms with van der Waals surface area (Å²) in [5.74, 6) is 2.46. The lowest BCUT2D eigenvalue weighted by Gasteiger charge is -2.28. The van der Waals surface area contributed by atoms with Crippen molar-refractivity contribution in [3.63, 3.8) is 0 Å². The molecule has 1 aromatic heterocycles. The molecule has 4 heteroatoms. The van der Waals surface area contributed by atoms with E-state index in [2.05, 4.69) is 41.3 Å². The number of phenols is 1. The van der Waals surface area contributed by atoms with Gasteiger partial charge < -0.3 is 5.11 Å². The number of aromatic nitrogens is 1. The Balaban J connectivity index is 1.22. The Morgan fingerprint density at radius 2 is 2.08 bits per heavy atom. The SMILES string of the molecule is Oc1cccc2ccc(CCCCCN3CCC4=C(C=C[B]4)C3)nc12. The van der Waals surface area contributed by atoms with Crippen molar-refractivity contribution in [2.75, 3.05) is 19.6 Å². The third-order valence-electron chi connectivity index (χ3n) is 5.26. The summed E-state index contributed by atoms with van der Waals surface area (Å²) in [4.78, 5) is 7.20. The van der Waals surface area contributed by atoms with Crippen molar-refractivity contribution >= 4 is 18.2 Å². The molecule has 0 saturated heterocycles. The maximum atomic E-state index is 9.94. The molecule has 0 aliphatic carbocycles. The number of phenolic OH excluding ortho intramolecular Hbond substituents is 1. The smallest absolute Gasteiger partial charge is 0.176 e. The number of fused-ring (bicyclic) bond motifs is 1. The minimum absolute atomic E-state index is 0.274. The van der Waals surface area contributed by atoms with E-state index in [9.17, 15) is 5.11 Å². The van der Waals surface area contributed by atoms with Gasteiger partial charge in [0.05, 0.1) is 0 Å². The van der Waals surface area contributed by atoms with Crippen LogP contribution in [0.2, 0.25) is 0 Å². The van der Waals surface area contributed by atoms with Crippen LogP contribution in [0, 0.1) is 0 Å². The molecule has 0 amide bonds. The monoisotopic (exact) mass is 331 g/mol. The van der Waals surface area contributed by atoms with Gasteiger partial charge in [0, 0.05) is 24.2 Å². The Morgan fingerprint density at radius 3 is 3.04 bits per heavy atom. The summed E-state index contributed by atoms with van der Waals surface area (Å²) in [6, 6.07) is 9.70. The normalized spacial score (nSPS) is 17.1. The van der Waals surface area contributed by atoms with Crippen molar-refractivity contribution in [1.82, 2.24) is 9.88 Å². The molecule has 127 valence electrons. The van der Waals surface area contributed by atoms with E-state index in [1.807, 2.05) is 12.1 Å². The number of benzene rings is 1. The van der Waals surface area contributed by atoms with Gasteiger partial charge >= 0.3 is 0 Å². The van der Waals surface area contributed by atoms with E-state index >= 15 is 0 Å². The molecule has 1 radical (unpaired) electrons. The predicted octanol–water partition coefficient (Wildman–Crippen LogP) is 3.84. The van der Waals surface area contributed by atoms with Crippen LogP contribution in [0.5, 0.6) is 5.75 Å². The Hall–Kier alpha value is -2.07. The van der Waals surface area contributed by atoms with Gasteiger partial charge in [-0.05, 0) is 49.9 Å². The molecule has 0 bridgehead atoms. The molecule has 1 aromatic carbocycles. The zero-order valence-corrected chi connectivity index (χ0v) is 14.6. The topological polar surface area (TPSA) is 36.4 Å². The lowest BCUT2D eigenvalue weighted by atomic mass is 9.70. The van der Waals surface area contributed by atoms with Crippen molar-refractivity contribution in [3.8, 4) is 5.75 Å². The molecule has 0 spiro atoms. The van der Waals surface area contributed by atoms with Gasteiger partial charge in [0.15, 0.2) is 7.28 Å². The van der Waals surface area contributed by atoms with Crippen molar-refractivity contribution in [1.29, 1.82) is 0 Å². The minimum Gasteiger partial charge on any atom is -0.506 e. The van der Waals surface area contributed by atoms with E-state index in [-0.39, 0.29) is 5.75 Å². The number of unbranched alkanes of at least 4 members (excludes halogenated alkanes) is 2. The van der Waals surface area contributed by atoms with E-state index in [0.717, 1.165) is 36.0 Å². The van der Waals surface area contributed by atoms with Crippen LogP contribution in [-0.4, -0.2) is 41.9 Å². The Morgan fingerprint density at radius 1 is 1.12 bits per heavy atom. The van der Waals surface area contributed by atoms with Gasteiger partial charge in [-0.1, -0.05) is 36.2 Å². The van der Waals surface area contributed by atoms with Crippen LogP contribution < -0.4 is 0 Å². The number of aromatic hydroxyl groups is 1. The lowest BCUT2D eigenvalue weighted by molar-refractivity contribution is 0.284. The summed E-state index contributed by atoms with van der Waals surface area (Å²) < 4.78 is 0. The molecule has 3 heterocycles. The molecule has 2 aromatic rings. The highest BCUT2D eigenvalue weighted by molar-refractivity contribution is 6.53. The summed E-state index contributed by atoms with van der Waals surface area (Å²) in [7, 11) is 2.26. The van der Waals surface area contributed by atoms with Crippen molar-refractivity contribution < 1.29 is 5.11 Å². The summed E-state index contributed by atoms with van der Waals surface area (Å²) in [5, 5.41) is 10.9. The first-order valence-electron chi connectivity index (χ1n) is 9.33. The van der Waals surface area contributed by atoms with Crippen molar-refractivity contribution in [3.05, 3.63) is 59.1 Å². The van der Waals surface area contributed by atoms with E-state index in [0.29, 0.717) is 0 Å². The summed E-state index contributed by atoms with van der Waals surface area (Å²) in [6.45, 7) is 3.51. The highest BCUT2D eigenvalue weighted by Crippen LogP contribution is 2.24. The first kappa shape index (κ1) is 16.4. The molecule has 3 nitrogen and oxygen atoms in total. The van der Waals surface area contributed by atoms with Gasteiger partial charge in [0.25, 0.3) is 0 Å².